The van der Waals surface area contributed by atoms with Gasteiger partial charge in [0.25, 0.3) is 0 Å². The predicted octanol–water partition coefficient (Wildman–Crippen LogP) is 1.55. The first-order chi connectivity index (χ1) is 12.8. The molecule has 4 heterocycles. The third kappa shape index (κ3) is 2.57. The second-order valence-corrected chi connectivity index (χ2v) is 7.52. The summed E-state index contributed by atoms with van der Waals surface area (Å²) in [5.41, 5.74) is 1.93. The lowest BCUT2D eigenvalue weighted by Gasteiger charge is -2.37. The van der Waals surface area contributed by atoms with E-state index in [0.717, 1.165) is 43.3 Å². The highest BCUT2D eigenvalue weighted by molar-refractivity contribution is 7.13. The number of nitrogens with one attached hydrogen (secondary N) is 2. The van der Waals surface area contributed by atoms with Crippen molar-refractivity contribution in [2.75, 3.05) is 37.6 Å². The van der Waals surface area contributed by atoms with Crippen LogP contribution < -0.4 is 10.2 Å². The Morgan fingerprint density at radius 3 is 2.92 bits per heavy atom. The molecule has 2 aromatic heterocycles. The van der Waals surface area contributed by atoms with Crippen LogP contribution in [0.5, 0.6) is 0 Å². The summed E-state index contributed by atoms with van der Waals surface area (Å²) in [5, 5.41) is 4.52. The molecule has 0 spiro atoms. The first-order valence-electron chi connectivity index (χ1n) is 8.95. The number of carbonyl (C=O) groups is 1. The van der Waals surface area contributed by atoms with Crippen LogP contribution in [0.4, 0.5) is 5.82 Å². The first-order valence-corrected chi connectivity index (χ1v) is 9.72. The van der Waals surface area contributed by atoms with Gasteiger partial charge in [0.1, 0.15) is 11.9 Å². The Balaban J connectivity index is 1.30. The second-order valence-electron chi connectivity index (χ2n) is 6.72. The summed E-state index contributed by atoms with van der Waals surface area (Å²) >= 11 is 1.54. The molecule has 5 rings (SSSR count). The summed E-state index contributed by atoms with van der Waals surface area (Å²) in [4.78, 5) is 24.7. The van der Waals surface area contributed by atoms with Gasteiger partial charge in [-0.1, -0.05) is 12.1 Å². The minimum Gasteiger partial charge on any atom is -0.352 e. The van der Waals surface area contributed by atoms with Crippen molar-refractivity contribution in [3.63, 3.8) is 0 Å². The number of rotatable bonds is 2. The van der Waals surface area contributed by atoms with Gasteiger partial charge in [-0.05, 0) is 23.7 Å². The van der Waals surface area contributed by atoms with Crippen molar-refractivity contribution in [3.05, 3.63) is 42.0 Å². The van der Waals surface area contributed by atoms with E-state index < -0.39 is 0 Å². The van der Waals surface area contributed by atoms with Crippen molar-refractivity contribution >= 4 is 33.3 Å². The Hall–Kier alpha value is -2.45. The SMILES string of the molecule is O=C([C@@H]1NCCc2[nH]cnc21)N1CCN(c2nsc3ccccc23)CC1. The van der Waals surface area contributed by atoms with E-state index in [9.17, 15) is 4.79 Å². The number of carbonyl (C=O) groups excluding carboxylic acids is 1. The summed E-state index contributed by atoms with van der Waals surface area (Å²) in [5.74, 6) is 1.17. The fourth-order valence-electron chi connectivity index (χ4n) is 3.84. The molecule has 2 N–H and O–H groups in total. The van der Waals surface area contributed by atoms with E-state index in [2.05, 4.69) is 42.8 Å². The molecule has 2 aliphatic rings. The van der Waals surface area contributed by atoms with Crippen molar-refractivity contribution in [2.45, 2.75) is 12.5 Å². The van der Waals surface area contributed by atoms with Crippen LogP contribution in [0.25, 0.3) is 10.1 Å². The Labute approximate surface area is 155 Å². The number of aromatic amines is 1. The van der Waals surface area contributed by atoms with E-state index in [1.807, 2.05) is 11.0 Å². The maximum Gasteiger partial charge on any atom is 0.246 e. The number of imidazole rings is 1. The molecular weight excluding hydrogens is 348 g/mol. The number of aromatic nitrogens is 3. The molecule has 1 aromatic carbocycles. The highest BCUT2D eigenvalue weighted by Crippen LogP contribution is 2.30. The van der Waals surface area contributed by atoms with Crippen LogP contribution in [0.1, 0.15) is 17.4 Å². The quantitative estimate of drug-likeness (QED) is 0.718. The van der Waals surface area contributed by atoms with E-state index in [4.69, 9.17) is 0 Å². The van der Waals surface area contributed by atoms with Gasteiger partial charge in [-0.15, -0.1) is 0 Å². The van der Waals surface area contributed by atoms with E-state index in [0.29, 0.717) is 13.1 Å². The highest BCUT2D eigenvalue weighted by Gasteiger charge is 2.33. The number of H-pyrrole nitrogens is 1. The van der Waals surface area contributed by atoms with Crippen LogP contribution >= 0.6 is 11.5 Å². The number of hydrogen-bond acceptors (Lipinski definition) is 6. The molecule has 26 heavy (non-hydrogen) atoms. The van der Waals surface area contributed by atoms with Crippen molar-refractivity contribution in [1.82, 2.24) is 24.6 Å². The molecule has 1 saturated heterocycles. The highest BCUT2D eigenvalue weighted by atomic mass is 32.1. The van der Waals surface area contributed by atoms with Gasteiger partial charge in [-0.2, -0.15) is 4.37 Å². The molecular formula is C18H20N6OS. The van der Waals surface area contributed by atoms with Gasteiger partial charge in [-0.3, -0.25) is 4.79 Å². The molecule has 0 aliphatic carbocycles. The maximum atomic E-state index is 13.0. The van der Waals surface area contributed by atoms with Gasteiger partial charge in [0.15, 0.2) is 0 Å². The standard InChI is InChI=1S/C18H20N6OS/c25-18(16-15-13(5-6-19-16)20-11-21-15)24-9-7-23(8-10-24)17-12-3-1-2-4-14(12)26-22-17/h1-4,11,16,19H,5-10H2,(H,20,21)/t16-/m1/s1. The smallest absolute Gasteiger partial charge is 0.246 e. The zero-order valence-corrected chi connectivity index (χ0v) is 15.1. The number of benzene rings is 1. The number of anilines is 1. The molecule has 8 heteroatoms. The third-order valence-corrected chi connectivity index (χ3v) is 6.06. The molecule has 7 nitrogen and oxygen atoms in total. The Morgan fingerprint density at radius 2 is 2.04 bits per heavy atom. The largest absolute Gasteiger partial charge is 0.352 e. The molecule has 0 bridgehead atoms. The summed E-state index contributed by atoms with van der Waals surface area (Å²) in [6.07, 6.45) is 2.58. The van der Waals surface area contributed by atoms with Crippen molar-refractivity contribution in [1.29, 1.82) is 0 Å². The summed E-state index contributed by atoms with van der Waals surface area (Å²) < 4.78 is 5.85. The van der Waals surface area contributed by atoms with E-state index in [-0.39, 0.29) is 11.9 Å². The van der Waals surface area contributed by atoms with Gasteiger partial charge in [-0.25, -0.2) is 4.98 Å². The Kier molecular flexibility index (Phi) is 3.86. The fraction of sp³-hybridized carbons (Fsp3) is 0.389. The number of piperazine rings is 1. The van der Waals surface area contributed by atoms with Crippen LogP contribution in [0, 0.1) is 0 Å². The van der Waals surface area contributed by atoms with Crippen LogP contribution in [0.2, 0.25) is 0 Å². The first kappa shape index (κ1) is 15.8. The summed E-state index contributed by atoms with van der Waals surface area (Å²) in [7, 11) is 0. The lowest BCUT2D eigenvalue weighted by Crippen LogP contribution is -2.52. The normalized spacial score (nSPS) is 20.4. The van der Waals surface area contributed by atoms with Crippen LogP contribution in [0.15, 0.2) is 30.6 Å². The van der Waals surface area contributed by atoms with E-state index in [1.54, 1.807) is 6.33 Å². The lowest BCUT2D eigenvalue weighted by molar-refractivity contribution is -0.134. The average Bonchev–Trinajstić information content (AvgIpc) is 3.34. The number of amides is 1. The molecule has 0 unspecified atom stereocenters. The van der Waals surface area contributed by atoms with Gasteiger partial charge < -0.3 is 20.1 Å². The van der Waals surface area contributed by atoms with Gasteiger partial charge >= 0.3 is 0 Å². The van der Waals surface area contributed by atoms with E-state index in [1.165, 1.54) is 21.6 Å². The molecule has 0 radical (unpaired) electrons. The zero-order chi connectivity index (χ0) is 17.5. The Morgan fingerprint density at radius 1 is 1.19 bits per heavy atom. The topological polar surface area (TPSA) is 77.2 Å². The molecule has 3 aromatic rings. The minimum atomic E-state index is -0.323. The van der Waals surface area contributed by atoms with Gasteiger partial charge in [0.2, 0.25) is 5.91 Å². The fourth-order valence-corrected chi connectivity index (χ4v) is 4.64. The summed E-state index contributed by atoms with van der Waals surface area (Å²) in [6.45, 7) is 3.83. The molecule has 1 fully saturated rings. The number of fused-ring (bicyclic) bond motifs is 2. The predicted molar refractivity (Wildman–Crippen MR) is 101 cm³/mol. The van der Waals surface area contributed by atoms with Crippen LogP contribution in [0.3, 0.4) is 0 Å². The molecule has 1 atom stereocenters. The monoisotopic (exact) mass is 368 g/mol. The second kappa shape index (κ2) is 6.37. The summed E-state index contributed by atoms with van der Waals surface area (Å²) in [6, 6.07) is 8.00. The van der Waals surface area contributed by atoms with Gasteiger partial charge in [0.05, 0.1) is 16.7 Å². The van der Waals surface area contributed by atoms with Crippen LogP contribution in [-0.2, 0) is 11.2 Å². The minimum absolute atomic E-state index is 0.126. The zero-order valence-electron chi connectivity index (χ0n) is 14.3. The molecule has 134 valence electrons. The van der Waals surface area contributed by atoms with Crippen molar-refractivity contribution < 1.29 is 4.79 Å². The number of nitrogens with zero attached hydrogens (tertiary/aromatic N) is 4. The van der Waals surface area contributed by atoms with Gasteiger partial charge in [0, 0.05) is 50.2 Å². The molecule has 0 saturated carbocycles. The lowest BCUT2D eigenvalue weighted by atomic mass is 10.0. The van der Waals surface area contributed by atoms with E-state index >= 15 is 0 Å². The molecule has 2 aliphatic heterocycles. The van der Waals surface area contributed by atoms with Crippen LogP contribution in [-0.4, -0.2) is 57.9 Å². The number of hydrogen-bond donors (Lipinski definition) is 2. The maximum absolute atomic E-state index is 13.0. The van der Waals surface area contributed by atoms with Crippen molar-refractivity contribution in [3.8, 4) is 0 Å². The third-order valence-electron chi connectivity index (χ3n) is 5.24. The Bertz CT molecular complexity index is 942. The molecule has 1 amide bonds. The average molecular weight is 368 g/mol. The van der Waals surface area contributed by atoms with Crippen molar-refractivity contribution in [2.24, 2.45) is 0 Å².